The molecule has 8 heteroatoms. The molecule has 0 unspecified atom stereocenters. The minimum absolute atomic E-state index is 0.0197. The van der Waals surface area contributed by atoms with Gasteiger partial charge in [0.25, 0.3) is 0 Å². The highest BCUT2D eigenvalue weighted by Crippen LogP contribution is 2.40. The van der Waals surface area contributed by atoms with Crippen molar-refractivity contribution in [3.63, 3.8) is 0 Å². The summed E-state index contributed by atoms with van der Waals surface area (Å²) >= 11 is 3.04. The maximum Gasteiger partial charge on any atom is 0.234 e. The Morgan fingerprint density at radius 2 is 2.16 bits per heavy atom. The van der Waals surface area contributed by atoms with E-state index >= 15 is 0 Å². The number of benzene rings is 1. The molecule has 132 valence electrons. The lowest BCUT2D eigenvalue weighted by molar-refractivity contribution is -0.128. The van der Waals surface area contributed by atoms with Gasteiger partial charge in [0.15, 0.2) is 5.16 Å². The molecule has 1 saturated carbocycles. The molecule has 1 aromatic heterocycles. The van der Waals surface area contributed by atoms with Crippen molar-refractivity contribution in [2.24, 2.45) is 0 Å². The zero-order chi connectivity index (χ0) is 17.4. The Morgan fingerprint density at radius 1 is 1.36 bits per heavy atom. The van der Waals surface area contributed by atoms with Gasteiger partial charge in [-0.05, 0) is 25.8 Å². The lowest BCUT2D eigenvalue weighted by Crippen LogP contribution is -2.32. The van der Waals surface area contributed by atoms with Crippen LogP contribution in [0.3, 0.4) is 0 Å². The van der Waals surface area contributed by atoms with Crippen LogP contribution >= 0.6 is 23.5 Å². The summed E-state index contributed by atoms with van der Waals surface area (Å²) in [4.78, 5) is 14.5. The standard InChI is InChI=1S/C17H19FN4OS2/c1-11-19-20-17(22(11)12-6-7-12)25-10-15(23)21-8-9-24-16(21)13-4-2-3-5-14(13)18/h2-5,12,16H,6-10H2,1H3/t16-/m0/s1. The molecule has 1 aromatic carbocycles. The van der Waals surface area contributed by atoms with Gasteiger partial charge in [0, 0.05) is 23.9 Å². The highest BCUT2D eigenvalue weighted by molar-refractivity contribution is 8.00. The monoisotopic (exact) mass is 378 g/mol. The minimum Gasteiger partial charge on any atom is -0.325 e. The second-order valence-corrected chi connectivity index (χ2v) is 8.38. The average Bonchev–Trinajstić information content (AvgIpc) is 3.19. The van der Waals surface area contributed by atoms with Crippen LogP contribution in [0.25, 0.3) is 0 Å². The summed E-state index contributed by atoms with van der Waals surface area (Å²) < 4.78 is 16.2. The van der Waals surface area contributed by atoms with Crippen LogP contribution in [0.2, 0.25) is 0 Å². The highest BCUT2D eigenvalue weighted by Gasteiger charge is 2.33. The second kappa shape index (κ2) is 6.99. The van der Waals surface area contributed by atoms with Gasteiger partial charge < -0.3 is 9.47 Å². The number of aromatic nitrogens is 3. The van der Waals surface area contributed by atoms with Crippen LogP contribution in [-0.2, 0) is 4.79 Å². The summed E-state index contributed by atoms with van der Waals surface area (Å²) in [6.45, 7) is 2.60. The number of thioether (sulfide) groups is 2. The van der Waals surface area contributed by atoms with Crippen molar-refractivity contribution in [3.8, 4) is 0 Å². The zero-order valence-electron chi connectivity index (χ0n) is 13.9. The minimum atomic E-state index is -0.253. The lowest BCUT2D eigenvalue weighted by atomic mass is 10.2. The van der Waals surface area contributed by atoms with E-state index < -0.39 is 0 Å². The first-order valence-corrected chi connectivity index (χ1v) is 10.4. The SMILES string of the molecule is Cc1nnc(SCC(=O)N2CCS[C@H]2c2ccccc2F)n1C1CC1. The highest BCUT2D eigenvalue weighted by atomic mass is 32.2. The van der Waals surface area contributed by atoms with E-state index in [2.05, 4.69) is 14.8 Å². The molecule has 2 heterocycles. The van der Waals surface area contributed by atoms with Crippen LogP contribution in [0.4, 0.5) is 4.39 Å². The van der Waals surface area contributed by atoms with Crippen molar-refractivity contribution in [1.82, 2.24) is 19.7 Å². The molecule has 1 amide bonds. The van der Waals surface area contributed by atoms with E-state index in [4.69, 9.17) is 0 Å². The van der Waals surface area contributed by atoms with Gasteiger partial charge in [-0.3, -0.25) is 4.79 Å². The largest absolute Gasteiger partial charge is 0.325 e. The van der Waals surface area contributed by atoms with Crippen molar-refractivity contribution >= 4 is 29.4 Å². The number of rotatable bonds is 5. The van der Waals surface area contributed by atoms with Crippen molar-refractivity contribution in [1.29, 1.82) is 0 Å². The summed E-state index contributed by atoms with van der Waals surface area (Å²) in [7, 11) is 0. The van der Waals surface area contributed by atoms with Gasteiger partial charge in [-0.2, -0.15) is 0 Å². The molecule has 2 aliphatic rings. The molecule has 0 spiro atoms. The third-order valence-corrected chi connectivity index (χ3v) is 6.62. The smallest absolute Gasteiger partial charge is 0.234 e. The fourth-order valence-electron chi connectivity index (χ4n) is 3.07. The van der Waals surface area contributed by atoms with E-state index in [-0.39, 0.29) is 17.1 Å². The van der Waals surface area contributed by atoms with Crippen LogP contribution in [0.15, 0.2) is 29.4 Å². The van der Waals surface area contributed by atoms with Crippen LogP contribution < -0.4 is 0 Å². The molecule has 1 atom stereocenters. The molecule has 1 aliphatic carbocycles. The predicted molar refractivity (Wildman–Crippen MR) is 97.1 cm³/mol. The molecule has 1 saturated heterocycles. The Kier molecular flexibility index (Phi) is 4.73. The average molecular weight is 378 g/mol. The Balaban J connectivity index is 1.45. The van der Waals surface area contributed by atoms with E-state index in [1.54, 1.807) is 28.8 Å². The third-order valence-electron chi connectivity index (χ3n) is 4.45. The quantitative estimate of drug-likeness (QED) is 0.746. The van der Waals surface area contributed by atoms with E-state index in [0.717, 1.165) is 29.6 Å². The van der Waals surface area contributed by atoms with Crippen molar-refractivity contribution in [3.05, 3.63) is 41.5 Å². The molecule has 2 fully saturated rings. The number of halogens is 1. The number of carbonyl (C=O) groups is 1. The molecule has 4 rings (SSSR count). The second-order valence-electron chi connectivity index (χ2n) is 6.25. The van der Waals surface area contributed by atoms with E-state index in [1.807, 2.05) is 13.0 Å². The van der Waals surface area contributed by atoms with Gasteiger partial charge in [0.2, 0.25) is 5.91 Å². The summed E-state index contributed by atoms with van der Waals surface area (Å²) in [5, 5.41) is 8.92. The maximum atomic E-state index is 14.1. The molecule has 0 bridgehead atoms. The summed E-state index contributed by atoms with van der Waals surface area (Å²) in [5.41, 5.74) is 0.584. The van der Waals surface area contributed by atoms with Crippen molar-refractivity contribution in [2.45, 2.75) is 36.3 Å². The van der Waals surface area contributed by atoms with Crippen LogP contribution in [-0.4, -0.2) is 43.6 Å². The van der Waals surface area contributed by atoms with Gasteiger partial charge >= 0.3 is 0 Å². The van der Waals surface area contributed by atoms with Gasteiger partial charge in [0.05, 0.1) is 5.75 Å². The first-order valence-electron chi connectivity index (χ1n) is 8.35. The van der Waals surface area contributed by atoms with Crippen molar-refractivity contribution < 1.29 is 9.18 Å². The fraction of sp³-hybridized carbons (Fsp3) is 0.471. The maximum absolute atomic E-state index is 14.1. The molecular weight excluding hydrogens is 359 g/mol. The number of hydrogen-bond acceptors (Lipinski definition) is 5. The van der Waals surface area contributed by atoms with Gasteiger partial charge in [-0.1, -0.05) is 30.0 Å². The summed E-state index contributed by atoms with van der Waals surface area (Å²) in [5.74, 6) is 1.80. The Bertz CT molecular complexity index is 793. The molecule has 5 nitrogen and oxygen atoms in total. The lowest BCUT2D eigenvalue weighted by Gasteiger charge is -2.24. The zero-order valence-corrected chi connectivity index (χ0v) is 15.5. The number of amides is 1. The Hall–Kier alpha value is -1.54. The van der Waals surface area contributed by atoms with E-state index in [9.17, 15) is 9.18 Å². The number of aryl methyl sites for hydroxylation is 1. The van der Waals surface area contributed by atoms with Gasteiger partial charge in [0.1, 0.15) is 17.0 Å². The normalized spacial score (nSPS) is 20.2. The molecule has 0 radical (unpaired) electrons. The van der Waals surface area contributed by atoms with E-state index in [0.29, 0.717) is 23.9 Å². The van der Waals surface area contributed by atoms with Crippen LogP contribution in [0.1, 0.15) is 35.6 Å². The van der Waals surface area contributed by atoms with Crippen molar-refractivity contribution in [2.75, 3.05) is 18.1 Å². The molecule has 2 aromatic rings. The Morgan fingerprint density at radius 3 is 2.92 bits per heavy atom. The summed E-state index contributed by atoms with van der Waals surface area (Å²) in [6, 6.07) is 7.19. The van der Waals surface area contributed by atoms with Gasteiger partial charge in [-0.15, -0.1) is 22.0 Å². The van der Waals surface area contributed by atoms with E-state index in [1.165, 1.54) is 17.8 Å². The number of nitrogens with zero attached hydrogens (tertiary/aromatic N) is 4. The molecule has 1 aliphatic heterocycles. The van der Waals surface area contributed by atoms with Crippen LogP contribution in [0, 0.1) is 12.7 Å². The summed E-state index contributed by atoms with van der Waals surface area (Å²) in [6.07, 6.45) is 2.30. The topological polar surface area (TPSA) is 51.0 Å². The first-order chi connectivity index (χ1) is 12.1. The molecule has 25 heavy (non-hydrogen) atoms. The fourth-order valence-corrected chi connectivity index (χ4v) is 5.31. The van der Waals surface area contributed by atoms with Crippen LogP contribution in [0.5, 0.6) is 0 Å². The molecular formula is C17H19FN4OS2. The predicted octanol–water partition coefficient (Wildman–Crippen LogP) is 3.43. The first kappa shape index (κ1) is 16.9. The number of hydrogen-bond donors (Lipinski definition) is 0. The Labute approximate surface area is 154 Å². The third kappa shape index (κ3) is 3.42. The van der Waals surface area contributed by atoms with Gasteiger partial charge in [-0.25, -0.2) is 4.39 Å². The number of carbonyl (C=O) groups excluding carboxylic acids is 1. The molecule has 0 N–H and O–H groups in total.